The Kier molecular flexibility index (Phi) is 8.64. The van der Waals surface area contributed by atoms with Gasteiger partial charge in [-0.3, -0.25) is 0 Å². The third-order valence-electron chi connectivity index (χ3n) is 1.94. The second kappa shape index (κ2) is 8.78. The second-order valence-electron chi connectivity index (χ2n) is 3.15. The van der Waals surface area contributed by atoms with Crippen molar-refractivity contribution in [2.75, 3.05) is 13.7 Å². The molecule has 0 unspecified atom stereocenters. The van der Waals surface area contributed by atoms with Gasteiger partial charge in [0.2, 0.25) is 0 Å². The minimum absolute atomic E-state index is 0. The van der Waals surface area contributed by atoms with E-state index in [0.717, 1.165) is 33.2 Å². The highest BCUT2D eigenvalue weighted by atomic mass is 79.9. The molecule has 1 N–H and O–H groups in total. The first-order valence-electron chi connectivity index (χ1n) is 4.98. The van der Waals surface area contributed by atoms with E-state index in [9.17, 15) is 0 Å². The normalized spacial score (nSPS) is 10.1. The minimum atomic E-state index is 0. The Labute approximate surface area is 125 Å². The average Bonchev–Trinajstić information content (AvgIpc) is 2.28. The van der Waals surface area contributed by atoms with E-state index in [0.29, 0.717) is 0 Å². The summed E-state index contributed by atoms with van der Waals surface area (Å²) in [6.45, 7) is 2.98. The van der Waals surface area contributed by atoms with Gasteiger partial charge in [-0.05, 0) is 44.3 Å². The van der Waals surface area contributed by atoms with Crippen molar-refractivity contribution in [1.82, 2.24) is 5.43 Å². The number of ether oxygens (including phenoxy) is 1. The summed E-state index contributed by atoms with van der Waals surface area (Å²) < 4.78 is 7.08. The molecule has 0 spiro atoms. The van der Waals surface area contributed by atoms with Crippen LogP contribution in [0.1, 0.15) is 18.9 Å². The molecule has 0 aliphatic heterocycles. The van der Waals surface area contributed by atoms with E-state index >= 15 is 0 Å². The first-order valence-corrected chi connectivity index (χ1v) is 6.57. The Morgan fingerprint density at radius 3 is 2.71 bits per heavy atom. The van der Waals surface area contributed by atoms with Gasteiger partial charge in [-0.15, -0.1) is 12.4 Å². The van der Waals surface area contributed by atoms with E-state index in [1.165, 1.54) is 0 Å². The van der Waals surface area contributed by atoms with Crippen LogP contribution in [0.4, 0.5) is 0 Å². The molecule has 0 aliphatic rings. The average molecular weight is 387 g/mol. The van der Waals surface area contributed by atoms with Crippen LogP contribution in [0, 0.1) is 0 Å². The van der Waals surface area contributed by atoms with E-state index in [2.05, 4.69) is 49.3 Å². The van der Waals surface area contributed by atoms with Gasteiger partial charge in [0.05, 0.1) is 22.3 Å². The largest absolute Gasteiger partial charge is 0.494 e. The maximum Gasteiger partial charge on any atom is 0.147 e. The molecular formula is C11H15Br2ClN2O. The van der Waals surface area contributed by atoms with Crippen molar-refractivity contribution >= 4 is 50.5 Å². The fraction of sp³-hybridized carbons (Fsp3) is 0.364. The fourth-order valence-electron chi connectivity index (χ4n) is 1.13. The molecule has 17 heavy (non-hydrogen) atoms. The lowest BCUT2D eigenvalue weighted by Crippen LogP contribution is -2.06. The van der Waals surface area contributed by atoms with E-state index in [-0.39, 0.29) is 12.4 Å². The number of hydrogen-bond donors (Lipinski definition) is 1. The Bertz CT molecular complexity index is 386. The lowest BCUT2D eigenvalue weighted by molar-refractivity contribution is 0.409. The van der Waals surface area contributed by atoms with Gasteiger partial charge in [0.1, 0.15) is 5.75 Å². The van der Waals surface area contributed by atoms with E-state index in [1.807, 2.05) is 12.1 Å². The maximum absolute atomic E-state index is 5.27. The molecule has 0 amide bonds. The number of halogens is 3. The highest BCUT2D eigenvalue weighted by Crippen LogP contribution is 2.34. The van der Waals surface area contributed by atoms with E-state index in [4.69, 9.17) is 4.74 Å². The van der Waals surface area contributed by atoms with Crippen LogP contribution in [-0.4, -0.2) is 19.9 Å². The van der Waals surface area contributed by atoms with E-state index in [1.54, 1.807) is 13.3 Å². The first-order chi connectivity index (χ1) is 7.70. The van der Waals surface area contributed by atoms with Gasteiger partial charge in [-0.2, -0.15) is 5.10 Å². The smallest absolute Gasteiger partial charge is 0.147 e. The zero-order chi connectivity index (χ0) is 12.0. The molecule has 0 aromatic heterocycles. The number of nitrogens with zero attached hydrogens (tertiary/aromatic N) is 1. The molecular weight excluding hydrogens is 371 g/mol. The van der Waals surface area contributed by atoms with Crippen molar-refractivity contribution in [3.05, 3.63) is 26.6 Å². The summed E-state index contributed by atoms with van der Waals surface area (Å²) >= 11 is 6.91. The van der Waals surface area contributed by atoms with Gasteiger partial charge < -0.3 is 10.2 Å². The zero-order valence-electron chi connectivity index (χ0n) is 9.67. The number of hydrazone groups is 1. The Morgan fingerprint density at radius 2 is 2.12 bits per heavy atom. The maximum atomic E-state index is 5.27. The summed E-state index contributed by atoms with van der Waals surface area (Å²) in [4.78, 5) is 0. The molecule has 0 bridgehead atoms. The standard InChI is InChI=1S/C11H14Br2N2O.ClH/c1-3-6-14-15-7-8-4-5-9(12)11(16-2)10(8)13;/h4-5,7,14H,3,6H2,1-2H3;1H/b15-7+;. The zero-order valence-corrected chi connectivity index (χ0v) is 13.7. The Balaban J connectivity index is 0.00000256. The number of methoxy groups -OCH3 is 1. The fourth-order valence-corrected chi connectivity index (χ4v) is 2.49. The third-order valence-corrected chi connectivity index (χ3v) is 3.38. The van der Waals surface area contributed by atoms with Crippen LogP contribution in [0.3, 0.4) is 0 Å². The molecule has 0 radical (unpaired) electrons. The summed E-state index contributed by atoms with van der Waals surface area (Å²) in [6, 6.07) is 3.90. The Morgan fingerprint density at radius 1 is 1.41 bits per heavy atom. The quantitative estimate of drug-likeness (QED) is 0.472. The molecule has 1 aromatic carbocycles. The van der Waals surface area contributed by atoms with Gasteiger partial charge in [-0.25, -0.2) is 0 Å². The number of rotatable bonds is 5. The van der Waals surface area contributed by atoms with Crippen molar-refractivity contribution in [3.8, 4) is 5.75 Å². The van der Waals surface area contributed by atoms with Gasteiger partial charge in [0.25, 0.3) is 0 Å². The Hall–Kier alpha value is -0.260. The second-order valence-corrected chi connectivity index (χ2v) is 4.80. The molecule has 0 heterocycles. The molecule has 0 fully saturated rings. The summed E-state index contributed by atoms with van der Waals surface area (Å²) in [6.07, 6.45) is 2.83. The molecule has 0 saturated heterocycles. The van der Waals surface area contributed by atoms with Crippen LogP contribution >= 0.6 is 44.3 Å². The van der Waals surface area contributed by atoms with Gasteiger partial charge >= 0.3 is 0 Å². The number of hydrogen-bond acceptors (Lipinski definition) is 3. The molecule has 96 valence electrons. The van der Waals surface area contributed by atoms with Crippen molar-refractivity contribution < 1.29 is 4.74 Å². The highest BCUT2D eigenvalue weighted by molar-refractivity contribution is 9.11. The van der Waals surface area contributed by atoms with Crippen molar-refractivity contribution in [1.29, 1.82) is 0 Å². The monoisotopic (exact) mass is 384 g/mol. The lowest BCUT2D eigenvalue weighted by atomic mass is 10.2. The van der Waals surface area contributed by atoms with Gasteiger partial charge in [0, 0.05) is 12.1 Å². The van der Waals surface area contributed by atoms with Crippen molar-refractivity contribution in [2.45, 2.75) is 13.3 Å². The summed E-state index contributed by atoms with van der Waals surface area (Å²) in [5, 5.41) is 4.12. The molecule has 1 aromatic rings. The predicted octanol–water partition coefficient (Wildman–Crippen LogP) is 3.98. The van der Waals surface area contributed by atoms with Gasteiger partial charge in [-0.1, -0.05) is 13.0 Å². The molecule has 1 rings (SSSR count). The van der Waals surface area contributed by atoms with Crippen LogP contribution in [0.15, 0.2) is 26.2 Å². The van der Waals surface area contributed by atoms with Crippen LogP contribution in [-0.2, 0) is 0 Å². The van der Waals surface area contributed by atoms with E-state index < -0.39 is 0 Å². The van der Waals surface area contributed by atoms with Crippen LogP contribution < -0.4 is 10.2 Å². The molecule has 0 aliphatic carbocycles. The SMILES string of the molecule is CCCN/N=C/c1ccc(Br)c(OC)c1Br.Cl. The summed E-state index contributed by atoms with van der Waals surface area (Å²) in [5.74, 6) is 0.777. The number of benzene rings is 1. The summed E-state index contributed by atoms with van der Waals surface area (Å²) in [5.41, 5.74) is 3.93. The van der Waals surface area contributed by atoms with Crippen LogP contribution in [0.2, 0.25) is 0 Å². The third kappa shape index (κ3) is 4.85. The summed E-state index contributed by atoms with van der Waals surface area (Å²) in [7, 11) is 1.64. The number of nitrogens with one attached hydrogen (secondary N) is 1. The molecule has 0 atom stereocenters. The predicted molar refractivity (Wildman–Crippen MR) is 81.5 cm³/mol. The van der Waals surface area contributed by atoms with Crippen LogP contribution in [0.5, 0.6) is 5.75 Å². The van der Waals surface area contributed by atoms with Crippen molar-refractivity contribution in [2.24, 2.45) is 5.10 Å². The molecule has 0 saturated carbocycles. The van der Waals surface area contributed by atoms with Crippen LogP contribution in [0.25, 0.3) is 0 Å². The minimum Gasteiger partial charge on any atom is -0.494 e. The van der Waals surface area contributed by atoms with Crippen molar-refractivity contribution in [3.63, 3.8) is 0 Å². The lowest BCUT2D eigenvalue weighted by Gasteiger charge is -2.07. The highest BCUT2D eigenvalue weighted by Gasteiger charge is 2.08. The topological polar surface area (TPSA) is 33.6 Å². The van der Waals surface area contributed by atoms with Gasteiger partial charge in [0.15, 0.2) is 0 Å². The molecule has 3 nitrogen and oxygen atoms in total. The first kappa shape index (κ1) is 16.7. The molecule has 6 heteroatoms.